The number of imidazole rings is 1. The summed E-state index contributed by atoms with van der Waals surface area (Å²) in [5, 5.41) is 0. The van der Waals surface area contributed by atoms with Gasteiger partial charge in [0.25, 0.3) is 0 Å². The number of nitrogens with zero attached hydrogens (tertiary/aromatic N) is 1. The van der Waals surface area contributed by atoms with Gasteiger partial charge in [-0.25, -0.2) is 9.37 Å². The summed E-state index contributed by atoms with van der Waals surface area (Å²) in [6.45, 7) is 2.17. The number of nitrogens with one attached hydrogen (secondary N) is 1. The Hall–Kier alpha value is -1.88. The fourth-order valence-electron chi connectivity index (χ4n) is 1.74. The number of nitrogens with two attached hydrogens (primary N) is 1. The van der Waals surface area contributed by atoms with Crippen LogP contribution in [0.15, 0.2) is 18.2 Å². The SMILES string of the molecule is COc1ccc(-c2nc(C)[nH]c2CN)cc1F. The molecule has 0 radical (unpaired) electrons. The highest BCUT2D eigenvalue weighted by Crippen LogP contribution is 2.26. The van der Waals surface area contributed by atoms with E-state index in [1.807, 2.05) is 6.92 Å². The van der Waals surface area contributed by atoms with Crippen LogP contribution in [0.5, 0.6) is 5.75 Å². The lowest BCUT2D eigenvalue weighted by Gasteiger charge is -2.04. The molecule has 2 aromatic rings. The molecule has 1 aromatic heterocycles. The third kappa shape index (κ3) is 2.14. The van der Waals surface area contributed by atoms with Crippen molar-refractivity contribution in [3.63, 3.8) is 0 Å². The van der Waals surface area contributed by atoms with Crippen LogP contribution in [-0.4, -0.2) is 17.1 Å². The molecule has 1 heterocycles. The van der Waals surface area contributed by atoms with Crippen LogP contribution in [0.1, 0.15) is 11.5 Å². The number of rotatable bonds is 3. The van der Waals surface area contributed by atoms with E-state index in [0.717, 1.165) is 11.5 Å². The summed E-state index contributed by atoms with van der Waals surface area (Å²) >= 11 is 0. The van der Waals surface area contributed by atoms with E-state index in [1.165, 1.54) is 13.2 Å². The average Bonchev–Trinajstić information content (AvgIpc) is 2.70. The number of H-pyrrole nitrogens is 1. The lowest BCUT2D eigenvalue weighted by molar-refractivity contribution is 0.386. The quantitative estimate of drug-likeness (QED) is 0.855. The summed E-state index contributed by atoms with van der Waals surface area (Å²) < 4.78 is 18.5. The molecule has 90 valence electrons. The van der Waals surface area contributed by atoms with Gasteiger partial charge in [-0.05, 0) is 25.1 Å². The summed E-state index contributed by atoms with van der Waals surface area (Å²) in [5.74, 6) is 0.570. The molecule has 0 aliphatic carbocycles. The summed E-state index contributed by atoms with van der Waals surface area (Å²) in [6, 6.07) is 4.74. The summed E-state index contributed by atoms with van der Waals surface area (Å²) in [7, 11) is 1.43. The summed E-state index contributed by atoms with van der Waals surface area (Å²) in [4.78, 5) is 7.36. The molecule has 0 aliphatic heterocycles. The molecule has 1 aromatic carbocycles. The molecule has 17 heavy (non-hydrogen) atoms. The number of aromatic nitrogens is 2. The van der Waals surface area contributed by atoms with Crippen LogP contribution in [0.3, 0.4) is 0 Å². The van der Waals surface area contributed by atoms with Crippen LogP contribution in [0.4, 0.5) is 4.39 Å². The molecule has 0 unspecified atom stereocenters. The van der Waals surface area contributed by atoms with Crippen molar-refractivity contribution in [1.82, 2.24) is 9.97 Å². The first-order chi connectivity index (χ1) is 8.15. The van der Waals surface area contributed by atoms with Gasteiger partial charge in [0, 0.05) is 12.1 Å². The highest BCUT2D eigenvalue weighted by atomic mass is 19.1. The minimum absolute atomic E-state index is 0.218. The molecule has 0 saturated heterocycles. The van der Waals surface area contributed by atoms with Gasteiger partial charge in [-0.1, -0.05) is 0 Å². The highest BCUT2D eigenvalue weighted by Gasteiger charge is 2.11. The topological polar surface area (TPSA) is 63.9 Å². The van der Waals surface area contributed by atoms with Crippen LogP contribution in [0.25, 0.3) is 11.3 Å². The Labute approximate surface area is 98.6 Å². The Morgan fingerprint density at radius 3 is 2.82 bits per heavy atom. The first-order valence-corrected chi connectivity index (χ1v) is 5.25. The Balaban J connectivity index is 2.49. The number of benzene rings is 1. The molecular formula is C12H14FN3O. The fraction of sp³-hybridized carbons (Fsp3) is 0.250. The number of hydrogen-bond donors (Lipinski definition) is 2. The maximum atomic E-state index is 13.6. The smallest absolute Gasteiger partial charge is 0.165 e. The van der Waals surface area contributed by atoms with Crippen molar-refractivity contribution in [2.24, 2.45) is 5.73 Å². The zero-order chi connectivity index (χ0) is 12.4. The van der Waals surface area contributed by atoms with Gasteiger partial charge < -0.3 is 15.5 Å². The van der Waals surface area contributed by atoms with Crippen LogP contribution in [-0.2, 0) is 6.54 Å². The second kappa shape index (κ2) is 4.55. The molecule has 0 saturated carbocycles. The molecule has 0 amide bonds. The Morgan fingerprint density at radius 2 is 2.24 bits per heavy atom. The van der Waals surface area contributed by atoms with Gasteiger partial charge >= 0.3 is 0 Å². The van der Waals surface area contributed by atoms with Gasteiger partial charge in [-0.3, -0.25) is 0 Å². The van der Waals surface area contributed by atoms with E-state index in [0.29, 0.717) is 17.8 Å². The Kier molecular flexibility index (Phi) is 3.10. The Morgan fingerprint density at radius 1 is 1.47 bits per heavy atom. The van der Waals surface area contributed by atoms with E-state index in [9.17, 15) is 4.39 Å². The molecule has 4 nitrogen and oxygen atoms in total. The van der Waals surface area contributed by atoms with Crippen molar-refractivity contribution >= 4 is 0 Å². The van der Waals surface area contributed by atoms with Crippen LogP contribution in [0, 0.1) is 12.7 Å². The van der Waals surface area contributed by atoms with Crippen molar-refractivity contribution in [2.75, 3.05) is 7.11 Å². The molecule has 0 aliphatic rings. The first kappa shape index (κ1) is 11.6. The molecule has 2 rings (SSSR count). The lowest BCUT2D eigenvalue weighted by Crippen LogP contribution is -1.99. The van der Waals surface area contributed by atoms with Gasteiger partial charge in [0.15, 0.2) is 11.6 Å². The van der Waals surface area contributed by atoms with E-state index in [2.05, 4.69) is 9.97 Å². The molecule has 0 bridgehead atoms. The molecule has 0 spiro atoms. The number of aryl methyl sites for hydroxylation is 1. The average molecular weight is 235 g/mol. The maximum absolute atomic E-state index is 13.6. The third-order valence-electron chi connectivity index (χ3n) is 2.53. The minimum Gasteiger partial charge on any atom is -0.494 e. The van der Waals surface area contributed by atoms with E-state index < -0.39 is 5.82 Å². The second-order valence-corrected chi connectivity index (χ2v) is 3.70. The van der Waals surface area contributed by atoms with Crippen LogP contribution >= 0.6 is 0 Å². The zero-order valence-corrected chi connectivity index (χ0v) is 9.75. The number of aromatic amines is 1. The predicted molar refractivity (Wildman–Crippen MR) is 63.2 cm³/mol. The van der Waals surface area contributed by atoms with Gasteiger partial charge in [-0.15, -0.1) is 0 Å². The number of methoxy groups -OCH3 is 1. The van der Waals surface area contributed by atoms with E-state index in [4.69, 9.17) is 10.5 Å². The summed E-state index contributed by atoms with van der Waals surface area (Å²) in [5.41, 5.74) is 7.78. The molecule has 0 atom stereocenters. The van der Waals surface area contributed by atoms with E-state index in [1.54, 1.807) is 12.1 Å². The first-order valence-electron chi connectivity index (χ1n) is 5.25. The zero-order valence-electron chi connectivity index (χ0n) is 9.75. The number of ether oxygens (including phenoxy) is 1. The third-order valence-corrected chi connectivity index (χ3v) is 2.53. The maximum Gasteiger partial charge on any atom is 0.165 e. The monoisotopic (exact) mass is 235 g/mol. The summed E-state index contributed by atoms with van der Waals surface area (Å²) in [6.07, 6.45) is 0. The van der Waals surface area contributed by atoms with Crippen LogP contribution < -0.4 is 10.5 Å². The predicted octanol–water partition coefficient (Wildman–Crippen LogP) is 1.99. The largest absolute Gasteiger partial charge is 0.494 e. The fourth-order valence-corrected chi connectivity index (χ4v) is 1.74. The number of halogens is 1. The number of hydrogen-bond acceptors (Lipinski definition) is 3. The van der Waals surface area contributed by atoms with Crippen LogP contribution in [0.2, 0.25) is 0 Å². The van der Waals surface area contributed by atoms with Crippen molar-refractivity contribution in [1.29, 1.82) is 0 Å². The molecule has 5 heteroatoms. The van der Waals surface area contributed by atoms with Crippen molar-refractivity contribution < 1.29 is 9.13 Å². The Bertz CT molecular complexity index is 537. The standard InChI is InChI=1S/C12H14FN3O/c1-7-15-10(6-14)12(16-7)8-3-4-11(17-2)9(13)5-8/h3-5H,6,14H2,1-2H3,(H,15,16). The molecular weight excluding hydrogens is 221 g/mol. The van der Waals surface area contributed by atoms with E-state index in [-0.39, 0.29) is 5.75 Å². The normalized spacial score (nSPS) is 10.6. The van der Waals surface area contributed by atoms with Gasteiger partial charge in [0.05, 0.1) is 18.5 Å². The lowest BCUT2D eigenvalue weighted by atomic mass is 10.1. The van der Waals surface area contributed by atoms with Gasteiger partial charge in [0.1, 0.15) is 5.82 Å². The molecule has 3 N–H and O–H groups in total. The van der Waals surface area contributed by atoms with Crippen molar-refractivity contribution in [2.45, 2.75) is 13.5 Å². The van der Waals surface area contributed by atoms with Crippen molar-refractivity contribution in [3.8, 4) is 17.0 Å². The minimum atomic E-state index is -0.409. The van der Waals surface area contributed by atoms with Gasteiger partial charge in [0.2, 0.25) is 0 Å². The molecule has 0 fully saturated rings. The van der Waals surface area contributed by atoms with Gasteiger partial charge in [-0.2, -0.15) is 0 Å². The van der Waals surface area contributed by atoms with E-state index >= 15 is 0 Å². The highest BCUT2D eigenvalue weighted by molar-refractivity contribution is 5.63. The van der Waals surface area contributed by atoms with Crippen molar-refractivity contribution in [3.05, 3.63) is 35.5 Å². The second-order valence-electron chi connectivity index (χ2n) is 3.70.